The molecule has 0 unspecified atom stereocenters. The summed E-state index contributed by atoms with van der Waals surface area (Å²) in [5, 5.41) is 2.64. The molecule has 4 heteroatoms. The third-order valence-corrected chi connectivity index (χ3v) is 2.52. The van der Waals surface area contributed by atoms with Crippen LogP contribution < -0.4 is 10.1 Å². The number of carbonyl (C=O) groups is 1. The quantitative estimate of drug-likeness (QED) is 0.600. The number of amides is 1. The minimum Gasteiger partial charge on any atom is -0.492 e. The first-order valence-electron chi connectivity index (χ1n) is 5.80. The van der Waals surface area contributed by atoms with Gasteiger partial charge < -0.3 is 10.1 Å². The summed E-state index contributed by atoms with van der Waals surface area (Å²) < 4.78 is 5.48. The van der Waals surface area contributed by atoms with E-state index in [1.807, 2.05) is 12.1 Å². The van der Waals surface area contributed by atoms with Gasteiger partial charge in [-0.2, -0.15) is 0 Å². The van der Waals surface area contributed by atoms with E-state index in [1.165, 1.54) is 5.56 Å². The SMILES string of the molecule is CCCc1ccc(OCCNC(=O)CCl)cc1. The Bertz CT molecular complexity index is 338. The van der Waals surface area contributed by atoms with Crippen LogP contribution in [0.25, 0.3) is 0 Å². The number of aryl methyl sites for hydroxylation is 1. The molecule has 0 spiro atoms. The molecule has 1 aromatic rings. The van der Waals surface area contributed by atoms with Gasteiger partial charge in [0.15, 0.2) is 0 Å². The molecule has 1 aromatic carbocycles. The van der Waals surface area contributed by atoms with E-state index in [0.717, 1.165) is 18.6 Å². The van der Waals surface area contributed by atoms with Gasteiger partial charge in [-0.3, -0.25) is 4.79 Å². The Morgan fingerprint density at radius 1 is 1.35 bits per heavy atom. The maximum atomic E-state index is 10.8. The lowest BCUT2D eigenvalue weighted by Crippen LogP contribution is -2.28. The second kappa shape index (κ2) is 7.96. The van der Waals surface area contributed by atoms with E-state index in [2.05, 4.69) is 24.4 Å². The lowest BCUT2D eigenvalue weighted by molar-refractivity contribution is -0.118. The van der Waals surface area contributed by atoms with Gasteiger partial charge in [-0.15, -0.1) is 11.6 Å². The summed E-state index contributed by atoms with van der Waals surface area (Å²) >= 11 is 5.34. The highest BCUT2D eigenvalue weighted by atomic mass is 35.5. The molecule has 94 valence electrons. The van der Waals surface area contributed by atoms with Crippen LogP contribution in [0.2, 0.25) is 0 Å². The van der Waals surface area contributed by atoms with Crippen molar-refractivity contribution in [2.45, 2.75) is 19.8 Å². The van der Waals surface area contributed by atoms with E-state index >= 15 is 0 Å². The van der Waals surface area contributed by atoms with E-state index in [9.17, 15) is 4.79 Å². The lowest BCUT2D eigenvalue weighted by atomic mass is 10.1. The van der Waals surface area contributed by atoms with E-state index < -0.39 is 0 Å². The lowest BCUT2D eigenvalue weighted by Gasteiger charge is -2.07. The van der Waals surface area contributed by atoms with Gasteiger partial charge in [-0.25, -0.2) is 0 Å². The average Bonchev–Trinajstić information content (AvgIpc) is 2.36. The van der Waals surface area contributed by atoms with Crippen molar-refractivity contribution in [3.63, 3.8) is 0 Å². The molecule has 0 aliphatic rings. The highest BCUT2D eigenvalue weighted by Crippen LogP contribution is 2.12. The standard InChI is InChI=1S/C13H18ClNO2/c1-2-3-11-4-6-12(7-5-11)17-9-8-15-13(16)10-14/h4-7H,2-3,8-10H2,1H3,(H,15,16). The number of nitrogens with one attached hydrogen (secondary N) is 1. The van der Waals surface area contributed by atoms with E-state index in [-0.39, 0.29) is 11.8 Å². The first-order chi connectivity index (χ1) is 8.26. The second-order valence-electron chi connectivity index (χ2n) is 3.73. The van der Waals surface area contributed by atoms with Gasteiger partial charge in [0.2, 0.25) is 5.91 Å². The van der Waals surface area contributed by atoms with Crippen LogP contribution in [-0.4, -0.2) is 24.9 Å². The number of alkyl halides is 1. The van der Waals surface area contributed by atoms with Crippen LogP contribution in [0.15, 0.2) is 24.3 Å². The molecule has 17 heavy (non-hydrogen) atoms. The third kappa shape index (κ3) is 5.59. The summed E-state index contributed by atoms with van der Waals surface area (Å²) in [6.45, 7) is 3.09. The molecule has 3 nitrogen and oxygen atoms in total. The van der Waals surface area contributed by atoms with Gasteiger partial charge in [0.1, 0.15) is 18.2 Å². The van der Waals surface area contributed by atoms with Crippen molar-refractivity contribution in [2.24, 2.45) is 0 Å². The summed E-state index contributed by atoms with van der Waals surface area (Å²) in [5.74, 6) is 0.643. The Balaban J connectivity index is 2.25. The molecule has 0 bridgehead atoms. The number of hydrogen-bond donors (Lipinski definition) is 1. The van der Waals surface area contributed by atoms with Crippen molar-refractivity contribution in [3.8, 4) is 5.75 Å². The number of rotatable bonds is 7. The Morgan fingerprint density at radius 2 is 2.06 bits per heavy atom. The fourth-order valence-electron chi connectivity index (χ4n) is 1.45. The Labute approximate surface area is 107 Å². The number of hydrogen-bond acceptors (Lipinski definition) is 2. The summed E-state index contributed by atoms with van der Waals surface area (Å²) in [7, 11) is 0. The molecule has 1 amide bonds. The van der Waals surface area contributed by atoms with Crippen LogP contribution in [0.1, 0.15) is 18.9 Å². The van der Waals surface area contributed by atoms with Crippen molar-refractivity contribution < 1.29 is 9.53 Å². The molecule has 0 atom stereocenters. The van der Waals surface area contributed by atoms with Gasteiger partial charge in [-0.1, -0.05) is 25.5 Å². The summed E-state index contributed by atoms with van der Waals surface area (Å²) in [6, 6.07) is 8.04. The highest BCUT2D eigenvalue weighted by Gasteiger charge is 1.98. The number of halogens is 1. The fraction of sp³-hybridized carbons (Fsp3) is 0.462. The van der Waals surface area contributed by atoms with Gasteiger partial charge in [-0.05, 0) is 24.1 Å². The van der Waals surface area contributed by atoms with Gasteiger partial charge >= 0.3 is 0 Å². The van der Waals surface area contributed by atoms with Crippen LogP contribution in [0.4, 0.5) is 0 Å². The molecule has 0 fully saturated rings. The van der Waals surface area contributed by atoms with Gasteiger partial charge in [0, 0.05) is 0 Å². The molecule has 0 radical (unpaired) electrons. The summed E-state index contributed by atoms with van der Waals surface area (Å²) in [4.78, 5) is 10.8. The molecule has 0 saturated carbocycles. The van der Waals surface area contributed by atoms with Crippen molar-refractivity contribution >= 4 is 17.5 Å². The first kappa shape index (κ1) is 13.8. The highest BCUT2D eigenvalue weighted by molar-refractivity contribution is 6.27. The molecular weight excluding hydrogens is 238 g/mol. The van der Waals surface area contributed by atoms with Crippen molar-refractivity contribution in [2.75, 3.05) is 19.0 Å². The van der Waals surface area contributed by atoms with Crippen molar-refractivity contribution in [1.82, 2.24) is 5.32 Å². The summed E-state index contributed by atoms with van der Waals surface area (Å²) in [6.07, 6.45) is 2.23. The second-order valence-corrected chi connectivity index (χ2v) is 3.99. The fourth-order valence-corrected chi connectivity index (χ4v) is 1.54. The molecule has 0 heterocycles. The molecule has 0 aliphatic heterocycles. The Morgan fingerprint density at radius 3 is 2.65 bits per heavy atom. The zero-order chi connectivity index (χ0) is 12.5. The molecule has 0 saturated heterocycles. The molecule has 0 aromatic heterocycles. The van der Waals surface area contributed by atoms with Gasteiger partial charge in [0.25, 0.3) is 0 Å². The van der Waals surface area contributed by atoms with Crippen LogP contribution in [0.5, 0.6) is 5.75 Å². The van der Waals surface area contributed by atoms with Crippen LogP contribution >= 0.6 is 11.6 Å². The van der Waals surface area contributed by atoms with Crippen LogP contribution in [-0.2, 0) is 11.2 Å². The molecule has 1 N–H and O–H groups in total. The maximum Gasteiger partial charge on any atom is 0.235 e. The maximum absolute atomic E-state index is 10.8. The van der Waals surface area contributed by atoms with Crippen LogP contribution in [0, 0.1) is 0 Å². The number of benzene rings is 1. The topological polar surface area (TPSA) is 38.3 Å². The van der Waals surface area contributed by atoms with Gasteiger partial charge in [0.05, 0.1) is 6.54 Å². The molecular formula is C13H18ClNO2. The van der Waals surface area contributed by atoms with Crippen molar-refractivity contribution in [1.29, 1.82) is 0 Å². The van der Waals surface area contributed by atoms with E-state index in [1.54, 1.807) is 0 Å². The van der Waals surface area contributed by atoms with Crippen molar-refractivity contribution in [3.05, 3.63) is 29.8 Å². The minimum absolute atomic E-state index is 0.00822. The molecule has 1 rings (SSSR count). The number of carbonyl (C=O) groups excluding carboxylic acids is 1. The predicted octanol–water partition coefficient (Wildman–Crippen LogP) is 2.37. The monoisotopic (exact) mass is 255 g/mol. The zero-order valence-corrected chi connectivity index (χ0v) is 10.8. The van der Waals surface area contributed by atoms with E-state index in [0.29, 0.717) is 13.2 Å². The minimum atomic E-state index is -0.173. The smallest absolute Gasteiger partial charge is 0.235 e. The zero-order valence-electron chi connectivity index (χ0n) is 10.0. The normalized spacial score (nSPS) is 10.0. The summed E-state index contributed by atoms with van der Waals surface area (Å²) in [5.41, 5.74) is 1.32. The first-order valence-corrected chi connectivity index (χ1v) is 6.34. The largest absolute Gasteiger partial charge is 0.492 e. The molecule has 0 aliphatic carbocycles. The van der Waals surface area contributed by atoms with Crippen LogP contribution in [0.3, 0.4) is 0 Å². The Hall–Kier alpha value is -1.22. The number of ether oxygens (including phenoxy) is 1. The average molecular weight is 256 g/mol. The third-order valence-electron chi connectivity index (χ3n) is 2.28. The van der Waals surface area contributed by atoms with E-state index in [4.69, 9.17) is 16.3 Å². The predicted molar refractivity (Wildman–Crippen MR) is 69.7 cm³/mol. The Kier molecular flexibility index (Phi) is 6.48.